The van der Waals surface area contributed by atoms with Gasteiger partial charge in [-0.05, 0) is 59.9 Å². The fraction of sp³-hybridized carbons (Fsp3) is 0.310. The summed E-state index contributed by atoms with van der Waals surface area (Å²) in [5.74, 6) is 0.451. The smallest absolute Gasteiger partial charge is 0.247 e. The molecule has 1 unspecified atom stereocenters. The molecule has 2 heterocycles. The fourth-order valence-corrected chi connectivity index (χ4v) is 4.51. The minimum absolute atomic E-state index is 0.0990. The van der Waals surface area contributed by atoms with E-state index < -0.39 is 11.9 Å². The van der Waals surface area contributed by atoms with Gasteiger partial charge in [0.15, 0.2) is 11.5 Å². The molecule has 0 aliphatic carbocycles. The lowest BCUT2D eigenvalue weighted by molar-refractivity contribution is -0.142. The largest absolute Gasteiger partial charge is 0.454 e. The van der Waals surface area contributed by atoms with Crippen molar-refractivity contribution in [2.24, 2.45) is 5.92 Å². The Bertz CT molecular complexity index is 1470. The Hall–Kier alpha value is -4.47. The number of nitrogens with zero attached hydrogens (tertiary/aromatic N) is 4. The number of para-hydroxylation sites is 1. The average Bonchev–Trinajstić information content (AvgIpc) is 3.56. The molecule has 1 aliphatic rings. The average molecular weight is 532 g/mol. The molecule has 0 fully saturated rings. The summed E-state index contributed by atoms with van der Waals surface area (Å²) in [6.45, 7) is 4.68. The zero-order chi connectivity index (χ0) is 27.4. The maximum absolute atomic E-state index is 14.0. The summed E-state index contributed by atoms with van der Waals surface area (Å²) in [6.07, 6.45) is 0.781. The van der Waals surface area contributed by atoms with E-state index in [0.717, 1.165) is 12.0 Å². The van der Waals surface area contributed by atoms with Gasteiger partial charge in [0.1, 0.15) is 23.9 Å². The topological polar surface area (TPSA) is 98.6 Å². The van der Waals surface area contributed by atoms with E-state index in [1.165, 1.54) is 33.8 Å². The number of ether oxygens (including phenoxy) is 2. The Morgan fingerprint density at radius 1 is 1.05 bits per heavy atom. The first-order chi connectivity index (χ1) is 18.9. The van der Waals surface area contributed by atoms with E-state index in [1.54, 1.807) is 12.1 Å². The Labute approximate surface area is 225 Å². The second-order valence-electron chi connectivity index (χ2n) is 9.87. The van der Waals surface area contributed by atoms with Crippen molar-refractivity contribution < 1.29 is 23.5 Å². The van der Waals surface area contributed by atoms with Crippen LogP contribution in [0.2, 0.25) is 0 Å². The molecule has 3 aromatic carbocycles. The highest BCUT2D eigenvalue weighted by Gasteiger charge is 2.32. The first-order valence-corrected chi connectivity index (χ1v) is 12.9. The van der Waals surface area contributed by atoms with Crippen LogP contribution in [0, 0.1) is 11.7 Å². The van der Waals surface area contributed by atoms with Crippen LogP contribution in [0.25, 0.3) is 11.0 Å². The molecule has 9 nitrogen and oxygen atoms in total. The number of hydrogen-bond donors (Lipinski definition) is 1. The van der Waals surface area contributed by atoms with Crippen molar-refractivity contribution in [2.75, 3.05) is 13.3 Å². The van der Waals surface area contributed by atoms with Crippen LogP contribution >= 0.6 is 0 Å². The van der Waals surface area contributed by atoms with E-state index in [1.807, 2.05) is 30.3 Å². The van der Waals surface area contributed by atoms with Gasteiger partial charge in [0.05, 0.1) is 5.52 Å². The van der Waals surface area contributed by atoms with E-state index in [-0.39, 0.29) is 31.7 Å². The minimum Gasteiger partial charge on any atom is -0.454 e. The van der Waals surface area contributed by atoms with Gasteiger partial charge >= 0.3 is 0 Å². The van der Waals surface area contributed by atoms with Gasteiger partial charge in [-0.15, -0.1) is 5.10 Å². The van der Waals surface area contributed by atoms with Crippen LogP contribution in [-0.2, 0) is 22.7 Å². The summed E-state index contributed by atoms with van der Waals surface area (Å²) in [5, 5.41) is 11.3. The normalized spacial score (nSPS) is 13.0. The van der Waals surface area contributed by atoms with E-state index in [4.69, 9.17) is 9.47 Å². The zero-order valence-electron chi connectivity index (χ0n) is 21.8. The molecule has 1 N–H and O–H groups in total. The van der Waals surface area contributed by atoms with Crippen molar-refractivity contribution in [3.05, 3.63) is 83.7 Å². The molecule has 1 aromatic heterocycles. The molecular weight excluding hydrogens is 501 g/mol. The highest BCUT2D eigenvalue weighted by atomic mass is 19.1. The van der Waals surface area contributed by atoms with Gasteiger partial charge in [0.2, 0.25) is 18.6 Å². The van der Waals surface area contributed by atoms with Crippen LogP contribution in [0.4, 0.5) is 4.39 Å². The lowest BCUT2D eigenvalue weighted by Crippen LogP contribution is -2.45. The molecule has 202 valence electrons. The van der Waals surface area contributed by atoms with Crippen LogP contribution in [0.5, 0.6) is 11.5 Å². The third kappa shape index (κ3) is 6.00. The van der Waals surface area contributed by atoms with E-state index in [0.29, 0.717) is 40.6 Å². The molecule has 10 heteroatoms. The first kappa shape index (κ1) is 26.1. The summed E-state index contributed by atoms with van der Waals surface area (Å²) in [7, 11) is 0. The standard InChI is InChI=1S/C29H30FN5O4/c1-19(2)13-14-31-29(37)28(21-8-10-22(30)11-9-21)34(16-20-7-12-25-26(15-20)39-18-38-25)27(36)17-35-24-6-4-3-5-23(24)32-33-35/h3-12,15,19,28H,13-14,16-18H2,1-2H3,(H,31,37). The molecule has 4 aromatic rings. The number of hydrogen-bond acceptors (Lipinski definition) is 6. The molecule has 0 spiro atoms. The summed E-state index contributed by atoms with van der Waals surface area (Å²) in [5.41, 5.74) is 2.61. The molecule has 2 amide bonds. The third-order valence-electron chi connectivity index (χ3n) is 6.58. The SMILES string of the molecule is CC(C)CCNC(=O)C(c1ccc(F)cc1)N(Cc1ccc2c(c1)OCO2)C(=O)Cn1nnc2ccccc21. The predicted octanol–water partition coefficient (Wildman–Crippen LogP) is 4.23. The van der Waals surface area contributed by atoms with E-state index in [9.17, 15) is 14.0 Å². The van der Waals surface area contributed by atoms with Crippen LogP contribution < -0.4 is 14.8 Å². The number of halogens is 1. The third-order valence-corrected chi connectivity index (χ3v) is 6.58. The summed E-state index contributed by atoms with van der Waals surface area (Å²) < 4.78 is 26.3. The predicted molar refractivity (Wildman–Crippen MR) is 142 cm³/mol. The van der Waals surface area contributed by atoms with E-state index >= 15 is 0 Å². The van der Waals surface area contributed by atoms with Crippen molar-refractivity contribution >= 4 is 22.8 Å². The molecule has 39 heavy (non-hydrogen) atoms. The molecule has 0 saturated carbocycles. The number of carbonyl (C=O) groups is 2. The highest BCUT2D eigenvalue weighted by Crippen LogP contribution is 2.34. The summed E-state index contributed by atoms with van der Waals surface area (Å²) >= 11 is 0. The summed E-state index contributed by atoms with van der Waals surface area (Å²) in [6, 6.07) is 17.4. The quantitative estimate of drug-likeness (QED) is 0.329. The number of rotatable bonds is 10. The van der Waals surface area contributed by atoms with Gasteiger partial charge in [-0.1, -0.05) is 49.4 Å². The Morgan fingerprint density at radius 3 is 2.62 bits per heavy atom. The molecule has 0 radical (unpaired) electrons. The fourth-order valence-electron chi connectivity index (χ4n) is 4.51. The molecule has 0 saturated heterocycles. The zero-order valence-corrected chi connectivity index (χ0v) is 21.8. The maximum Gasteiger partial charge on any atom is 0.247 e. The monoisotopic (exact) mass is 531 g/mol. The molecular formula is C29H30FN5O4. The number of carbonyl (C=O) groups excluding carboxylic acids is 2. The van der Waals surface area contributed by atoms with Gasteiger partial charge in [-0.3, -0.25) is 9.59 Å². The molecule has 1 atom stereocenters. The Balaban J connectivity index is 1.51. The van der Waals surface area contributed by atoms with Gasteiger partial charge in [0, 0.05) is 13.1 Å². The molecule has 1 aliphatic heterocycles. The highest BCUT2D eigenvalue weighted by molar-refractivity contribution is 5.89. The van der Waals surface area contributed by atoms with Crippen molar-refractivity contribution in [1.29, 1.82) is 0 Å². The van der Waals surface area contributed by atoms with Crippen LogP contribution in [0.1, 0.15) is 37.4 Å². The number of benzene rings is 3. The summed E-state index contributed by atoms with van der Waals surface area (Å²) in [4.78, 5) is 29.1. The molecule has 5 rings (SSSR count). The van der Waals surface area contributed by atoms with Crippen molar-refractivity contribution in [1.82, 2.24) is 25.2 Å². The number of nitrogens with one attached hydrogen (secondary N) is 1. The Morgan fingerprint density at radius 2 is 1.82 bits per heavy atom. The van der Waals surface area contributed by atoms with Gasteiger partial charge in [0.25, 0.3) is 0 Å². The number of aromatic nitrogens is 3. The van der Waals surface area contributed by atoms with Crippen LogP contribution in [0.15, 0.2) is 66.7 Å². The van der Waals surface area contributed by atoms with Gasteiger partial charge < -0.3 is 19.7 Å². The lowest BCUT2D eigenvalue weighted by atomic mass is 10.0. The molecule has 0 bridgehead atoms. The van der Waals surface area contributed by atoms with Gasteiger partial charge in [-0.25, -0.2) is 9.07 Å². The number of fused-ring (bicyclic) bond motifs is 2. The first-order valence-electron chi connectivity index (χ1n) is 12.9. The Kier molecular flexibility index (Phi) is 7.72. The second kappa shape index (κ2) is 11.5. The minimum atomic E-state index is -1.01. The van der Waals surface area contributed by atoms with Crippen molar-refractivity contribution in [3.63, 3.8) is 0 Å². The maximum atomic E-state index is 14.0. The van der Waals surface area contributed by atoms with Crippen molar-refractivity contribution in [2.45, 2.75) is 39.4 Å². The van der Waals surface area contributed by atoms with Crippen molar-refractivity contribution in [3.8, 4) is 11.5 Å². The van der Waals surface area contributed by atoms with Crippen LogP contribution in [0.3, 0.4) is 0 Å². The number of amides is 2. The second-order valence-corrected chi connectivity index (χ2v) is 9.87. The van der Waals surface area contributed by atoms with Gasteiger partial charge in [-0.2, -0.15) is 0 Å². The van der Waals surface area contributed by atoms with Crippen LogP contribution in [-0.4, -0.2) is 45.0 Å². The lowest BCUT2D eigenvalue weighted by Gasteiger charge is -2.32. The van der Waals surface area contributed by atoms with E-state index in [2.05, 4.69) is 29.5 Å².